The van der Waals surface area contributed by atoms with Crippen LogP contribution in [0.2, 0.25) is 0 Å². The van der Waals surface area contributed by atoms with Crippen LogP contribution < -0.4 is 10.2 Å². The topological polar surface area (TPSA) is 105 Å². The Morgan fingerprint density at radius 3 is 2.62 bits per heavy atom. The van der Waals surface area contributed by atoms with Gasteiger partial charge in [0.15, 0.2) is 6.54 Å². The molecule has 156 valence electrons. The molecule has 29 heavy (non-hydrogen) atoms. The fourth-order valence-corrected chi connectivity index (χ4v) is 3.61. The number of aromatic nitrogens is 1. The molecule has 0 unspecified atom stereocenters. The van der Waals surface area contributed by atoms with E-state index in [1.165, 1.54) is 7.11 Å². The summed E-state index contributed by atoms with van der Waals surface area (Å²) in [4.78, 5) is 42.5. The van der Waals surface area contributed by atoms with Gasteiger partial charge in [-0.25, -0.2) is 9.59 Å². The summed E-state index contributed by atoms with van der Waals surface area (Å²) in [5.41, 5.74) is 2.38. The molecule has 1 aromatic carbocycles. The van der Waals surface area contributed by atoms with Gasteiger partial charge in [0.1, 0.15) is 5.69 Å². The molecule has 1 aliphatic rings. The van der Waals surface area contributed by atoms with Gasteiger partial charge < -0.3 is 24.7 Å². The van der Waals surface area contributed by atoms with Crippen LogP contribution in [-0.2, 0) is 14.3 Å². The number of carbonyl (C=O) groups excluding carboxylic acids is 3. The second-order valence-electron chi connectivity index (χ2n) is 7.02. The molecule has 0 spiro atoms. The number of H-pyrrole nitrogens is 1. The first kappa shape index (κ1) is 20.7. The Balaban J connectivity index is 1.69. The highest BCUT2D eigenvalue weighted by Crippen LogP contribution is 2.31. The maximum atomic E-state index is 12.7. The average Bonchev–Trinajstić information content (AvgIpc) is 3.07. The number of aryl methyl sites for hydroxylation is 1. The molecule has 3 N–H and O–H groups in total. The molecule has 2 heterocycles. The van der Waals surface area contributed by atoms with Gasteiger partial charge in [-0.1, -0.05) is 12.1 Å². The Hall–Kier alpha value is -3.07. The lowest BCUT2D eigenvalue weighted by atomic mass is 10.1. The number of piperazine rings is 1. The minimum Gasteiger partial charge on any atom is -0.464 e. The first-order chi connectivity index (χ1) is 13.9. The number of hydrogen-bond donors (Lipinski definition) is 3. The normalized spacial score (nSPS) is 14.7. The van der Waals surface area contributed by atoms with Crippen LogP contribution in [0.3, 0.4) is 0 Å². The second-order valence-corrected chi connectivity index (χ2v) is 7.02. The number of anilines is 1. The number of carbonyl (C=O) groups is 3. The number of benzene rings is 1. The summed E-state index contributed by atoms with van der Waals surface area (Å²) in [7, 11) is 1.31. The van der Waals surface area contributed by atoms with Gasteiger partial charge in [0.05, 0.1) is 45.6 Å². The quantitative estimate of drug-likeness (QED) is 0.633. The highest BCUT2D eigenvalue weighted by Gasteiger charge is 2.27. The fraction of sp³-hybridized carbons (Fsp3) is 0.450. The van der Waals surface area contributed by atoms with Gasteiger partial charge in [-0.3, -0.25) is 9.69 Å². The third-order valence-corrected chi connectivity index (χ3v) is 5.09. The lowest BCUT2D eigenvalue weighted by Crippen LogP contribution is -3.15. The Kier molecular flexibility index (Phi) is 6.38. The summed E-state index contributed by atoms with van der Waals surface area (Å²) in [6, 6.07) is 5.66. The molecule has 0 radical (unpaired) electrons. The molecule has 0 atom stereocenters. The van der Waals surface area contributed by atoms with Crippen LogP contribution in [0.4, 0.5) is 10.5 Å². The number of esters is 1. The molecule has 9 nitrogen and oxygen atoms in total. The monoisotopic (exact) mass is 403 g/mol. The maximum absolute atomic E-state index is 12.7. The number of fused-ring (bicyclic) bond motifs is 1. The van der Waals surface area contributed by atoms with Crippen molar-refractivity contribution in [2.75, 3.05) is 51.8 Å². The van der Waals surface area contributed by atoms with Crippen molar-refractivity contribution in [1.29, 1.82) is 0 Å². The fourth-order valence-electron chi connectivity index (χ4n) is 3.61. The molecule has 0 bridgehead atoms. The number of methoxy groups -OCH3 is 1. The predicted octanol–water partition coefficient (Wildman–Crippen LogP) is 0.558. The summed E-state index contributed by atoms with van der Waals surface area (Å²) < 4.78 is 9.87. The van der Waals surface area contributed by atoms with Gasteiger partial charge in [-0.15, -0.1) is 0 Å². The highest BCUT2D eigenvalue weighted by atomic mass is 16.6. The minimum absolute atomic E-state index is 0.195. The van der Waals surface area contributed by atoms with Crippen molar-refractivity contribution in [3.8, 4) is 0 Å². The third kappa shape index (κ3) is 4.51. The Bertz CT molecular complexity index is 915. The maximum Gasteiger partial charge on any atom is 0.410 e. The molecule has 2 aromatic rings. The molecule has 2 amide bonds. The Morgan fingerprint density at radius 2 is 1.97 bits per heavy atom. The molecule has 0 saturated carbocycles. The van der Waals surface area contributed by atoms with Gasteiger partial charge in [0, 0.05) is 10.9 Å². The number of hydrogen-bond acceptors (Lipinski definition) is 5. The molecule has 1 fully saturated rings. The van der Waals surface area contributed by atoms with Crippen LogP contribution in [0.25, 0.3) is 10.9 Å². The Morgan fingerprint density at radius 1 is 1.24 bits per heavy atom. The van der Waals surface area contributed by atoms with E-state index < -0.39 is 5.97 Å². The number of ether oxygens (including phenoxy) is 2. The summed E-state index contributed by atoms with van der Waals surface area (Å²) >= 11 is 0. The van der Waals surface area contributed by atoms with E-state index in [-0.39, 0.29) is 24.2 Å². The summed E-state index contributed by atoms with van der Waals surface area (Å²) in [6.07, 6.45) is -0.312. The van der Waals surface area contributed by atoms with E-state index in [1.807, 2.05) is 25.1 Å². The molecular weight excluding hydrogens is 376 g/mol. The summed E-state index contributed by atoms with van der Waals surface area (Å²) in [5.74, 6) is -0.731. The zero-order valence-corrected chi connectivity index (χ0v) is 17.0. The highest BCUT2D eigenvalue weighted by molar-refractivity contribution is 6.12. The summed E-state index contributed by atoms with van der Waals surface area (Å²) in [6.45, 7) is 6.69. The summed E-state index contributed by atoms with van der Waals surface area (Å²) in [5, 5.41) is 3.69. The number of nitrogens with one attached hydrogen (secondary N) is 3. The van der Waals surface area contributed by atoms with Gasteiger partial charge in [0.2, 0.25) is 0 Å². The number of aromatic amines is 1. The van der Waals surface area contributed by atoms with E-state index in [9.17, 15) is 14.4 Å². The first-order valence-corrected chi connectivity index (χ1v) is 9.69. The van der Waals surface area contributed by atoms with Gasteiger partial charge in [-0.05, 0) is 25.5 Å². The van der Waals surface area contributed by atoms with Gasteiger partial charge >= 0.3 is 12.1 Å². The SMILES string of the molecule is CCOC(=O)N1CC[NH+](CC(=O)Nc2c(C(=O)OC)[nH]c3cccc(C)c23)CC1. The van der Waals surface area contributed by atoms with Crippen LogP contribution in [0.5, 0.6) is 0 Å². The van der Waals surface area contributed by atoms with Crippen LogP contribution in [0.15, 0.2) is 18.2 Å². The van der Waals surface area contributed by atoms with Crippen LogP contribution >= 0.6 is 0 Å². The largest absolute Gasteiger partial charge is 0.464 e. The van der Waals surface area contributed by atoms with Crippen LogP contribution in [0, 0.1) is 6.92 Å². The number of amides is 2. The van der Waals surface area contributed by atoms with Gasteiger partial charge in [-0.2, -0.15) is 0 Å². The molecule has 3 rings (SSSR count). The second kappa shape index (κ2) is 8.95. The number of nitrogens with zero attached hydrogens (tertiary/aromatic N) is 1. The van der Waals surface area contributed by atoms with E-state index in [2.05, 4.69) is 10.3 Å². The minimum atomic E-state index is -0.536. The lowest BCUT2D eigenvalue weighted by Gasteiger charge is -2.31. The van der Waals surface area contributed by atoms with E-state index >= 15 is 0 Å². The third-order valence-electron chi connectivity index (χ3n) is 5.09. The predicted molar refractivity (Wildman–Crippen MR) is 107 cm³/mol. The Labute approximate surface area is 168 Å². The molecule has 1 aliphatic heterocycles. The van der Waals surface area contributed by atoms with Crippen LogP contribution in [0.1, 0.15) is 23.0 Å². The van der Waals surface area contributed by atoms with Crippen molar-refractivity contribution in [3.05, 3.63) is 29.5 Å². The van der Waals surface area contributed by atoms with Crippen molar-refractivity contribution >= 4 is 34.6 Å². The van der Waals surface area contributed by atoms with E-state index in [1.54, 1.807) is 11.8 Å². The standard InChI is InChI=1S/C20H26N4O5/c1-4-29-20(27)24-10-8-23(9-11-24)12-15(25)22-17-16-13(2)6-5-7-14(16)21-18(17)19(26)28-3/h5-7,21H,4,8-12H2,1-3H3,(H,22,25)/p+1. The average molecular weight is 403 g/mol. The van der Waals surface area contributed by atoms with Crippen molar-refractivity contribution in [1.82, 2.24) is 9.88 Å². The first-order valence-electron chi connectivity index (χ1n) is 9.69. The molecule has 1 aromatic heterocycles. The zero-order chi connectivity index (χ0) is 21.0. The van der Waals surface area contributed by atoms with Crippen molar-refractivity contribution in [3.63, 3.8) is 0 Å². The van der Waals surface area contributed by atoms with E-state index in [4.69, 9.17) is 9.47 Å². The molecular formula is C20H27N4O5+. The van der Waals surface area contributed by atoms with Crippen molar-refractivity contribution in [2.45, 2.75) is 13.8 Å². The van der Waals surface area contributed by atoms with Gasteiger partial charge in [0.25, 0.3) is 5.91 Å². The number of rotatable bonds is 5. The van der Waals surface area contributed by atoms with E-state index in [0.717, 1.165) is 21.4 Å². The zero-order valence-electron chi connectivity index (χ0n) is 17.0. The smallest absolute Gasteiger partial charge is 0.410 e. The molecule has 0 aliphatic carbocycles. The van der Waals surface area contributed by atoms with Crippen LogP contribution in [-0.4, -0.2) is 74.3 Å². The lowest BCUT2D eigenvalue weighted by molar-refractivity contribution is -0.895. The molecule has 1 saturated heterocycles. The van der Waals surface area contributed by atoms with Crippen molar-refractivity contribution in [2.24, 2.45) is 0 Å². The van der Waals surface area contributed by atoms with E-state index in [0.29, 0.717) is 38.5 Å². The van der Waals surface area contributed by atoms with Crippen molar-refractivity contribution < 1.29 is 28.8 Å². The number of quaternary nitrogens is 1. The molecule has 9 heteroatoms.